The second kappa shape index (κ2) is 11.6. The highest BCUT2D eigenvalue weighted by Crippen LogP contribution is 2.45. The van der Waals surface area contributed by atoms with Crippen molar-refractivity contribution in [2.24, 2.45) is 0 Å². The van der Waals surface area contributed by atoms with Gasteiger partial charge in [-0.1, -0.05) is 44.6 Å². The number of ketones is 1. The van der Waals surface area contributed by atoms with Crippen molar-refractivity contribution in [2.75, 3.05) is 25.7 Å². The van der Waals surface area contributed by atoms with Crippen molar-refractivity contribution >= 4 is 33.9 Å². The summed E-state index contributed by atoms with van der Waals surface area (Å²) in [5, 5.41) is 20.8. The molecule has 9 nitrogen and oxygen atoms in total. The van der Waals surface area contributed by atoms with Crippen LogP contribution in [0.4, 0.5) is 5.13 Å². The van der Waals surface area contributed by atoms with Gasteiger partial charge in [-0.15, -0.1) is 10.2 Å². The van der Waals surface area contributed by atoms with Crippen molar-refractivity contribution in [1.82, 2.24) is 10.2 Å². The Labute approximate surface area is 225 Å². The first-order chi connectivity index (χ1) is 18.3. The van der Waals surface area contributed by atoms with Crippen LogP contribution in [-0.2, 0) is 9.59 Å². The van der Waals surface area contributed by atoms with Gasteiger partial charge in [0.2, 0.25) is 5.13 Å². The molecule has 0 aliphatic carbocycles. The third kappa shape index (κ3) is 5.22. The number of hydrogen-bond donors (Lipinski definition) is 1. The minimum absolute atomic E-state index is 0.0526. The molecular weight excluding hydrogens is 506 g/mol. The predicted molar refractivity (Wildman–Crippen MR) is 145 cm³/mol. The van der Waals surface area contributed by atoms with E-state index in [0.29, 0.717) is 35.0 Å². The smallest absolute Gasteiger partial charge is 0.301 e. The topological polar surface area (TPSA) is 111 Å². The average molecular weight is 538 g/mol. The van der Waals surface area contributed by atoms with E-state index in [1.807, 2.05) is 13.8 Å². The molecule has 2 aromatic carbocycles. The summed E-state index contributed by atoms with van der Waals surface area (Å²) >= 11 is 1.23. The summed E-state index contributed by atoms with van der Waals surface area (Å²) in [6.45, 7) is 6.62. The zero-order valence-electron chi connectivity index (χ0n) is 22.1. The molecule has 0 unspecified atom stereocenters. The molecule has 0 bridgehead atoms. The zero-order chi connectivity index (χ0) is 27.4. The molecule has 1 N–H and O–H groups in total. The number of methoxy groups -OCH3 is 2. The summed E-state index contributed by atoms with van der Waals surface area (Å²) in [5.41, 5.74) is 0.879. The lowest BCUT2D eigenvalue weighted by molar-refractivity contribution is -0.132. The third-order valence-corrected chi connectivity index (χ3v) is 7.42. The van der Waals surface area contributed by atoms with Gasteiger partial charge in [0, 0.05) is 11.5 Å². The minimum atomic E-state index is -0.955. The summed E-state index contributed by atoms with van der Waals surface area (Å²) < 4.78 is 16.5. The molecule has 2 heterocycles. The average Bonchev–Trinajstić information content (AvgIpc) is 3.51. The lowest BCUT2D eigenvalue weighted by atomic mass is 9.95. The van der Waals surface area contributed by atoms with Gasteiger partial charge in [0.15, 0.2) is 11.5 Å². The standard InChI is InChI=1S/C28H31N3O6S/c1-6-7-14-37-19-11-8-17(9-12-19)24(32)22-23(18-10-13-20(35-4)21(15-18)36-5)31(27(34)25(22)33)28-30-29-26(38-28)16(2)3/h8-13,15-16,23,32H,6-7,14H2,1-5H3/t23-/m1/s1. The van der Waals surface area contributed by atoms with Crippen LogP contribution in [0.3, 0.4) is 0 Å². The molecule has 0 saturated carbocycles. The molecule has 1 fully saturated rings. The molecule has 1 amide bonds. The molecule has 0 radical (unpaired) electrons. The van der Waals surface area contributed by atoms with E-state index < -0.39 is 17.7 Å². The molecular formula is C28H31N3O6S. The SMILES string of the molecule is CCCCOc1ccc(C(O)=C2C(=O)C(=O)N(c3nnc(C(C)C)s3)[C@@H]2c2ccc(OC)c(OC)c2)cc1. The predicted octanol–water partition coefficient (Wildman–Crippen LogP) is 5.48. The number of carbonyl (C=O) groups is 2. The van der Waals surface area contributed by atoms with E-state index in [1.165, 1.54) is 30.5 Å². The Kier molecular flexibility index (Phi) is 8.31. The number of hydrogen-bond acceptors (Lipinski definition) is 9. The van der Waals surface area contributed by atoms with Gasteiger partial charge in [0.05, 0.1) is 32.4 Å². The molecule has 10 heteroatoms. The van der Waals surface area contributed by atoms with Crippen molar-refractivity contribution in [3.63, 3.8) is 0 Å². The van der Waals surface area contributed by atoms with Crippen molar-refractivity contribution in [1.29, 1.82) is 0 Å². The Balaban J connectivity index is 1.84. The number of amides is 1. The van der Waals surface area contributed by atoms with E-state index in [0.717, 1.165) is 17.8 Å². The van der Waals surface area contributed by atoms with E-state index in [9.17, 15) is 14.7 Å². The Bertz CT molecular complexity index is 1350. The summed E-state index contributed by atoms with van der Waals surface area (Å²) in [5.74, 6) is -0.240. The first-order valence-electron chi connectivity index (χ1n) is 12.4. The Morgan fingerprint density at radius 3 is 2.37 bits per heavy atom. The van der Waals surface area contributed by atoms with Crippen LogP contribution in [0.5, 0.6) is 17.2 Å². The number of rotatable bonds is 10. The first kappa shape index (κ1) is 27.1. The normalized spacial score (nSPS) is 16.8. The first-order valence-corrected chi connectivity index (χ1v) is 13.2. The molecule has 1 aliphatic heterocycles. The maximum Gasteiger partial charge on any atom is 0.301 e. The maximum absolute atomic E-state index is 13.4. The van der Waals surface area contributed by atoms with Crippen LogP contribution < -0.4 is 19.1 Å². The Hall–Kier alpha value is -3.92. The second-order valence-corrected chi connectivity index (χ2v) is 10.1. The largest absolute Gasteiger partial charge is 0.507 e. The summed E-state index contributed by atoms with van der Waals surface area (Å²) in [7, 11) is 3.02. The molecule has 38 heavy (non-hydrogen) atoms. The highest BCUT2D eigenvalue weighted by Gasteiger charge is 2.48. The quantitative estimate of drug-likeness (QED) is 0.157. The number of nitrogens with zero attached hydrogens (tertiary/aromatic N) is 3. The lowest BCUT2D eigenvalue weighted by Gasteiger charge is -2.23. The van der Waals surface area contributed by atoms with Gasteiger partial charge in [0.25, 0.3) is 5.78 Å². The number of benzene rings is 2. The maximum atomic E-state index is 13.4. The number of aromatic nitrogens is 2. The number of ether oxygens (including phenoxy) is 3. The fourth-order valence-electron chi connectivity index (χ4n) is 4.12. The van der Waals surface area contributed by atoms with E-state index in [2.05, 4.69) is 17.1 Å². The van der Waals surface area contributed by atoms with Gasteiger partial charge < -0.3 is 19.3 Å². The number of aliphatic hydroxyl groups excluding tert-OH is 1. The van der Waals surface area contributed by atoms with E-state index >= 15 is 0 Å². The van der Waals surface area contributed by atoms with Crippen molar-refractivity contribution < 1.29 is 28.9 Å². The Morgan fingerprint density at radius 1 is 1.05 bits per heavy atom. The highest BCUT2D eigenvalue weighted by atomic mass is 32.1. The molecule has 1 aromatic heterocycles. The van der Waals surface area contributed by atoms with Crippen LogP contribution in [0.25, 0.3) is 5.76 Å². The van der Waals surface area contributed by atoms with Crippen LogP contribution in [0.15, 0.2) is 48.0 Å². The number of aliphatic hydroxyl groups is 1. The van der Waals surface area contributed by atoms with E-state index in [4.69, 9.17) is 14.2 Å². The molecule has 1 atom stereocenters. The van der Waals surface area contributed by atoms with E-state index in [1.54, 1.807) is 42.5 Å². The monoisotopic (exact) mass is 537 g/mol. The number of carbonyl (C=O) groups excluding carboxylic acids is 2. The summed E-state index contributed by atoms with van der Waals surface area (Å²) in [6, 6.07) is 10.9. The molecule has 0 spiro atoms. The van der Waals surface area contributed by atoms with Gasteiger partial charge in [-0.05, 0) is 48.4 Å². The molecule has 1 saturated heterocycles. The second-order valence-electron chi connectivity index (χ2n) is 9.09. The van der Waals surface area contributed by atoms with Crippen LogP contribution in [-0.4, -0.2) is 47.8 Å². The number of unbranched alkanes of at least 4 members (excludes halogenated alkanes) is 1. The van der Waals surface area contributed by atoms with Crippen molar-refractivity contribution in [3.05, 3.63) is 64.2 Å². The van der Waals surface area contributed by atoms with Gasteiger partial charge >= 0.3 is 5.91 Å². The van der Waals surface area contributed by atoms with Crippen LogP contribution in [0.2, 0.25) is 0 Å². The summed E-state index contributed by atoms with van der Waals surface area (Å²) in [6.07, 6.45) is 1.95. The number of anilines is 1. The van der Waals surface area contributed by atoms with E-state index in [-0.39, 0.29) is 22.4 Å². The molecule has 3 aromatic rings. The van der Waals surface area contributed by atoms with Crippen LogP contribution >= 0.6 is 11.3 Å². The lowest BCUT2D eigenvalue weighted by Crippen LogP contribution is -2.29. The summed E-state index contributed by atoms with van der Waals surface area (Å²) in [4.78, 5) is 28.1. The fourth-order valence-corrected chi connectivity index (χ4v) is 5.00. The Morgan fingerprint density at radius 2 is 1.76 bits per heavy atom. The van der Waals surface area contributed by atoms with Crippen molar-refractivity contribution in [3.8, 4) is 17.2 Å². The van der Waals surface area contributed by atoms with Crippen LogP contribution in [0, 0.1) is 0 Å². The third-order valence-electron chi connectivity index (χ3n) is 6.19. The zero-order valence-corrected chi connectivity index (χ0v) is 22.9. The van der Waals surface area contributed by atoms with Gasteiger partial charge in [-0.2, -0.15) is 0 Å². The highest BCUT2D eigenvalue weighted by molar-refractivity contribution is 7.15. The fraction of sp³-hybridized carbons (Fsp3) is 0.357. The molecule has 4 rings (SSSR count). The molecule has 200 valence electrons. The number of Topliss-reactive ketones (excluding diaryl/α,β-unsaturated/α-hetero) is 1. The van der Waals surface area contributed by atoms with Crippen molar-refractivity contribution in [2.45, 2.75) is 45.6 Å². The van der Waals surface area contributed by atoms with Gasteiger partial charge in [0.1, 0.15) is 16.5 Å². The van der Waals surface area contributed by atoms with Gasteiger partial charge in [-0.3, -0.25) is 14.5 Å². The van der Waals surface area contributed by atoms with Crippen LogP contribution in [0.1, 0.15) is 61.7 Å². The molecule has 1 aliphatic rings. The van der Waals surface area contributed by atoms with Gasteiger partial charge in [-0.25, -0.2) is 0 Å². The minimum Gasteiger partial charge on any atom is -0.507 e.